The van der Waals surface area contributed by atoms with E-state index in [2.05, 4.69) is 127 Å². The molecule has 4 heteroatoms. The summed E-state index contributed by atoms with van der Waals surface area (Å²) in [5, 5.41) is 7.13. The van der Waals surface area contributed by atoms with Crippen LogP contribution in [0.5, 0.6) is 0 Å². The Morgan fingerprint density at radius 1 is 0.385 bits per heavy atom. The van der Waals surface area contributed by atoms with Gasteiger partial charge in [0.15, 0.2) is 17.5 Å². The monoisotopic (exact) mass is 515 g/mol. The molecule has 8 rings (SSSR count). The second kappa shape index (κ2) is 8.83. The van der Waals surface area contributed by atoms with Crippen molar-refractivity contribution in [2.24, 2.45) is 0 Å². The number of hydrogen-bond donors (Lipinski definition) is 0. The second-order valence-corrected chi connectivity index (χ2v) is 10.8. The van der Waals surface area contributed by atoms with Crippen LogP contribution < -0.4 is 0 Å². The van der Waals surface area contributed by atoms with E-state index >= 15 is 0 Å². The van der Waals surface area contributed by atoms with Gasteiger partial charge in [0.05, 0.1) is 0 Å². The molecule has 39 heavy (non-hydrogen) atoms. The van der Waals surface area contributed by atoms with Gasteiger partial charge >= 0.3 is 0 Å². The molecule has 3 nitrogen and oxygen atoms in total. The molecule has 0 spiro atoms. The van der Waals surface area contributed by atoms with Gasteiger partial charge in [0.1, 0.15) is 0 Å². The van der Waals surface area contributed by atoms with E-state index in [1.807, 2.05) is 11.3 Å². The van der Waals surface area contributed by atoms with Crippen molar-refractivity contribution in [2.75, 3.05) is 0 Å². The molecule has 0 unspecified atom stereocenters. The predicted molar refractivity (Wildman–Crippen MR) is 164 cm³/mol. The first kappa shape index (κ1) is 22.1. The summed E-state index contributed by atoms with van der Waals surface area (Å²) in [4.78, 5) is 15.1. The van der Waals surface area contributed by atoms with Crippen molar-refractivity contribution in [2.45, 2.75) is 0 Å². The fourth-order valence-corrected chi connectivity index (χ4v) is 6.45. The van der Waals surface area contributed by atoms with Crippen LogP contribution in [0.3, 0.4) is 0 Å². The largest absolute Gasteiger partial charge is 0.208 e. The molecule has 0 amide bonds. The van der Waals surface area contributed by atoms with Gasteiger partial charge in [-0.15, -0.1) is 11.3 Å². The molecule has 0 saturated heterocycles. The van der Waals surface area contributed by atoms with Gasteiger partial charge in [0.25, 0.3) is 0 Å². The van der Waals surface area contributed by atoms with Gasteiger partial charge in [-0.25, -0.2) is 15.0 Å². The Morgan fingerprint density at radius 2 is 1.00 bits per heavy atom. The zero-order valence-electron chi connectivity index (χ0n) is 20.9. The SMILES string of the molecule is c1ccc2cc(-c3nc(-c4ccc5sc6ccccc6c5c4)nc(-c4cccc5ccccc45)n3)ccc2c1. The number of rotatable bonds is 3. The molecule has 0 radical (unpaired) electrons. The lowest BCUT2D eigenvalue weighted by Crippen LogP contribution is -2.00. The van der Waals surface area contributed by atoms with Crippen LogP contribution in [-0.4, -0.2) is 15.0 Å². The Balaban J connectivity index is 1.38. The van der Waals surface area contributed by atoms with E-state index in [1.165, 1.54) is 25.6 Å². The topological polar surface area (TPSA) is 38.7 Å². The summed E-state index contributed by atoms with van der Waals surface area (Å²) in [7, 11) is 0. The molecule has 182 valence electrons. The highest BCUT2D eigenvalue weighted by Crippen LogP contribution is 2.37. The van der Waals surface area contributed by atoms with E-state index < -0.39 is 0 Å². The minimum absolute atomic E-state index is 0.670. The van der Waals surface area contributed by atoms with Gasteiger partial charge in [-0.05, 0) is 51.9 Å². The maximum absolute atomic E-state index is 5.06. The van der Waals surface area contributed by atoms with Crippen molar-refractivity contribution >= 4 is 53.1 Å². The molecule has 6 aromatic carbocycles. The first-order valence-corrected chi connectivity index (χ1v) is 13.8. The molecule has 0 aliphatic carbocycles. The molecule has 2 aromatic heterocycles. The van der Waals surface area contributed by atoms with Crippen LogP contribution in [0.4, 0.5) is 0 Å². The Morgan fingerprint density at radius 3 is 1.87 bits per heavy atom. The maximum Gasteiger partial charge on any atom is 0.164 e. The average Bonchev–Trinajstić information content (AvgIpc) is 3.38. The number of nitrogens with zero attached hydrogens (tertiary/aromatic N) is 3. The summed E-state index contributed by atoms with van der Waals surface area (Å²) in [6, 6.07) is 44.5. The molecule has 0 N–H and O–H groups in total. The number of fused-ring (bicyclic) bond motifs is 5. The zero-order chi connectivity index (χ0) is 25.8. The standard InChI is InChI=1S/C35H21N3S/c1-2-10-24-20-25(17-16-22(24)8-1)33-36-34(26-18-19-32-30(21-26)28-13-5-6-15-31(28)39-32)38-35(37-33)29-14-7-11-23-9-3-4-12-27(23)29/h1-21H. The van der Waals surface area contributed by atoms with Gasteiger partial charge < -0.3 is 0 Å². The van der Waals surface area contributed by atoms with Crippen molar-refractivity contribution in [3.8, 4) is 34.2 Å². The summed E-state index contributed by atoms with van der Waals surface area (Å²) in [6.45, 7) is 0. The van der Waals surface area contributed by atoms with E-state index in [1.54, 1.807) is 0 Å². The van der Waals surface area contributed by atoms with E-state index in [9.17, 15) is 0 Å². The van der Waals surface area contributed by atoms with Gasteiger partial charge in [-0.3, -0.25) is 0 Å². The van der Waals surface area contributed by atoms with Crippen molar-refractivity contribution in [3.63, 3.8) is 0 Å². The Kier molecular flexibility index (Phi) is 5.00. The molecule has 0 atom stereocenters. The summed E-state index contributed by atoms with van der Waals surface area (Å²) in [6.07, 6.45) is 0. The van der Waals surface area contributed by atoms with E-state index in [0.29, 0.717) is 17.5 Å². The third-order valence-electron chi connectivity index (χ3n) is 7.31. The Hall–Kier alpha value is -4.93. The van der Waals surface area contributed by atoms with Crippen LogP contribution in [0, 0.1) is 0 Å². The van der Waals surface area contributed by atoms with Gasteiger partial charge in [-0.2, -0.15) is 0 Å². The lowest BCUT2D eigenvalue weighted by molar-refractivity contribution is 1.08. The molecule has 0 saturated carbocycles. The smallest absolute Gasteiger partial charge is 0.164 e. The van der Waals surface area contributed by atoms with E-state index in [0.717, 1.165) is 32.8 Å². The second-order valence-electron chi connectivity index (χ2n) is 9.70. The third-order valence-corrected chi connectivity index (χ3v) is 8.46. The van der Waals surface area contributed by atoms with Crippen LogP contribution in [0.1, 0.15) is 0 Å². The van der Waals surface area contributed by atoms with Crippen molar-refractivity contribution in [1.82, 2.24) is 15.0 Å². The summed E-state index contributed by atoms with van der Waals surface area (Å²) in [5.74, 6) is 2.02. The van der Waals surface area contributed by atoms with E-state index in [-0.39, 0.29) is 0 Å². The summed E-state index contributed by atoms with van der Waals surface area (Å²) >= 11 is 1.81. The fraction of sp³-hybridized carbons (Fsp3) is 0. The normalized spacial score (nSPS) is 11.6. The summed E-state index contributed by atoms with van der Waals surface area (Å²) < 4.78 is 2.55. The number of hydrogen-bond acceptors (Lipinski definition) is 4. The summed E-state index contributed by atoms with van der Waals surface area (Å²) in [5.41, 5.74) is 2.96. The quantitative estimate of drug-likeness (QED) is 0.235. The minimum atomic E-state index is 0.670. The van der Waals surface area contributed by atoms with Crippen molar-refractivity contribution in [3.05, 3.63) is 127 Å². The Bertz CT molecular complexity index is 2190. The lowest BCUT2D eigenvalue weighted by atomic mass is 10.0. The van der Waals surface area contributed by atoms with Crippen LogP contribution in [0.15, 0.2) is 127 Å². The molecule has 2 heterocycles. The number of benzene rings is 6. The van der Waals surface area contributed by atoms with Gasteiger partial charge in [0, 0.05) is 36.9 Å². The first-order valence-electron chi connectivity index (χ1n) is 13.0. The zero-order valence-corrected chi connectivity index (χ0v) is 21.7. The Labute approximate surface area is 229 Å². The molecular formula is C35H21N3S. The maximum atomic E-state index is 5.06. The van der Waals surface area contributed by atoms with Crippen molar-refractivity contribution in [1.29, 1.82) is 0 Å². The predicted octanol–water partition coefficient (Wildman–Crippen LogP) is 9.55. The van der Waals surface area contributed by atoms with Gasteiger partial charge in [0.2, 0.25) is 0 Å². The van der Waals surface area contributed by atoms with E-state index in [4.69, 9.17) is 15.0 Å². The van der Waals surface area contributed by atoms with Crippen molar-refractivity contribution < 1.29 is 0 Å². The highest BCUT2D eigenvalue weighted by atomic mass is 32.1. The minimum Gasteiger partial charge on any atom is -0.208 e. The molecular weight excluding hydrogens is 494 g/mol. The fourth-order valence-electron chi connectivity index (χ4n) is 5.37. The van der Waals surface area contributed by atoms with Crippen LogP contribution in [-0.2, 0) is 0 Å². The van der Waals surface area contributed by atoms with Crippen LogP contribution in [0.25, 0.3) is 75.9 Å². The average molecular weight is 516 g/mol. The molecule has 8 aromatic rings. The molecule has 0 aliphatic rings. The van der Waals surface area contributed by atoms with Gasteiger partial charge in [-0.1, -0.05) is 97.1 Å². The number of aromatic nitrogens is 3. The number of thiophene rings is 1. The van der Waals surface area contributed by atoms with Crippen LogP contribution in [0.2, 0.25) is 0 Å². The molecule has 0 aliphatic heterocycles. The molecule has 0 fully saturated rings. The first-order chi connectivity index (χ1) is 19.3. The highest BCUT2D eigenvalue weighted by Gasteiger charge is 2.15. The highest BCUT2D eigenvalue weighted by molar-refractivity contribution is 7.25. The van der Waals surface area contributed by atoms with Crippen LogP contribution >= 0.6 is 11.3 Å². The lowest BCUT2D eigenvalue weighted by Gasteiger charge is -2.11. The third kappa shape index (κ3) is 3.77. The molecule has 0 bridgehead atoms.